The summed E-state index contributed by atoms with van der Waals surface area (Å²) in [6, 6.07) is 0. The van der Waals surface area contributed by atoms with Gasteiger partial charge in [0.2, 0.25) is 5.91 Å². The second-order valence-corrected chi connectivity index (χ2v) is 4.98. The molecule has 2 N–H and O–H groups in total. The van der Waals surface area contributed by atoms with Crippen molar-refractivity contribution in [3.63, 3.8) is 0 Å². The van der Waals surface area contributed by atoms with Crippen LogP contribution >= 0.6 is 0 Å². The van der Waals surface area contributed by atoms with E-state index in [1.165, 1.54) is 25.9 Å². The first-order valence-corrected chi connectivity index (χ1v) is 6.50. The minimum atomic E-state index is 0.232. The average molecular weight is 225 g/mol. The maximum atomic E-state index is 11.6. The van der Waals surface area contributed by atoms with Gasteiger partial charge >= 0.3 is 0 Å². The molecule has 0 unspecified atom stereocenters. The van der Waals surface area contributed by atoms with Crippen LogP contribution in [0.4, 0.5) is 0 Å². The molecule has 2 fully saturated rings. The van der Waals surface area contributed by atoms with Crippen molar-refractivity contribution in [3.8, 4) is 0 Å². The number of rotatable bonds is 4. The Hall–Kier alpha value is -0.610. The molecule has 2 heterocycles. The molecule has 2 rings (SSSR count). The molecule has 1 amide bonds. The molecule has 0 aromatic rings. The first-order valence-electron chi connectivity index (χ1n) is 6.50. The predicted octanol–water partition coefficient (Wildman–Crippen LogP) is 0.0539. The molecule has 92 valence electrons. The van der Waals surface area contributed by atoms with Gasteiger partial charge < -0.3 is 15.5 Å². The van der Waals surface area contributed by atoms with Crippen molar-refractivity contribution in [2.24, 2.45) is 11.8 Å². The number of hydrogen-bond donors (Lipinski definition) is 2. The minimum absolute atomic E-state index is 0.232. The lowest BCUT2D eigenvalue weighted by molar-refractivity contribution is -0.126. The summed E-state index contributed by atoms with van der Waals surface area (Å²) in [5.41, 5.74) is 0. The molecule has 0 aromatic heterocycles. The minimum Gasteiger partial charge on any atom is -0.356 e. The molecule has 0 atom stereocenters. The van der Waals surface area contributed by atoms with E-state index in [2.05, 4.69) is 22.5 Å². The van der Waals surface area contributed by atoms with Crippen LogP contribution in [0.3, 0.4) is 0 Å². The lowest BCUT2D eigenvalue weighted by Gasteiger charge is -2.32. The topological polar surface area (TPSA) is 44.4 Å². The number of piperidine rings is 1. The third-order valence-electron chi connectivity index (χ3n) is 3.87. The Morgan fingerprint density at radius 2 is 2.06 bits per heavy atom. The number of likely N-dealkylation sites (tertiary alicyclic amines) is 1. The summed E-state index contributed by atoms with van der Waals surface area (Å²) in [4.78, 5) is 14.1. The van der Waals surface area contributed by atoms with E-state index in [-0.39, 0.29) is 11.8 Å². The summed E-state index contributed by atoms with van der Waals surface area (Å²) >= 11 is 0. The Labute approximate surface area is 97.8 Å². The number of carbonyl (C=O) groups is 1. The molecular formula is C12H23N3O. The van der Waals surface area contributed by atoms with E-state index >= 15 is 0 Å². The van der Waals surface area contributed by atoms with E-state index in [1.54, 1.807) is 0 Å². The van der Waals surface area contributed by atoms with Crippen molar-refractivity contribution >= 4 is 5.91 Å². The molecule has 0 aliphatic carbocycles. The number of nitrogens with zero attached hydrogens (tertiary/aromatic N) is 1. The summed E-state index contributed by atoms with van der Waals surface area (Å²) < 4.78 is 0. The molecule has 2 saturated heterocycles. The number of amides is 1. The van der Waals surface area contributed by atoms with Gasteiger partial charge in [0.1, 0.15) is 0 Å². The van der Waals surface area contributed by atoms with Gasteiger partial charge in [-0.05, 0) is 38.4 Å². The highest BCUT2D eigenvalue weighted by atomic mass is 16.2. The first kappa shape index (κ1) is 11.9. The molecule has 0 aromatic carbocycles. The summed E-state index contributed by atoms with van der Waals surface area (Å²) in [6.45, 7) is 8.37. The van der Waals surface area contributed by atoms with E-state index in [0.29, 0.717) is 5.92 Å². The molecule has 2 aliphatic heterocycles. The fourth-order valence-corrected chi connectivity index (χ4v) is 2.37. The molecule has 0 radical (unpaired) electrons. The summed E-state index contributed by atoms with van der Waals surface area (Å²) in [5.74, 6) is 1.17. The van der Waals surface area contributed by atoms with E-state index < -0.39 is 0 Å². The Kier molecular flexibility index (Phi) is 4.18. The lowest BCUT2D eigenvalue weighted by Crippen LogP contribution is -2.51. The SMILES string of the molecule is CCN1CCC(CNC(=O)C2CNC2)CC1. The van der Waals surface area contributed by atoms with Crippen molar-refractivity contribution in [3.05, 3.63) is 0 Å². The van der Waals surface area contributed by atoms with Gasteiger partial charge in [-0.1, -0.05) is 6.92 Å². The smallest absolute Gasteiger partial charge is 0.225 e. The largest absolute Gasteiger partial charge is 0.356 e. The number of hydrogen-bond acceptors (Lipinski definition) is 3. The summed E-state index contributed by atoms with van der Waals surface area (Å²) in [5, 5.41) is 6.22. The lowest BCUT2D eigenvalue weighted by atomic mass is 9.96. The first-order chi connectivity index (χ1) is 7.79. The van der Waals surface area contributed by atoms with Crippen LogP contribution in [0.15, 0.2) is 0 Å². The van der Waals surface area contributed by atoms with Gasteiger partial charge in [0.15, 0.2) is 0 Å². The molecule has 4 nitrogen and oxygen atoms in total. The van der Waals surface area contributed by atoms with E-state index in [4.69, 9.17) is 0 Å². The normalized spacial score (nSPS) is 24.1. The quantitative estimate of drug-likeness (QED) is 0.711. The van der Waals surface area contributed by atoms with Gasteiger partial charge in [0, 0.05) is 19.6 Å². The maximum Gasteiger partial charge on any atom is 0.225 e. The van der Waals surface area contributed by atoms with Gasteiger partial charge in [-0.2, -0.15) is 0 Å². The van der Waals surface area contributed by atoms with Gasteiger partial charge in [-0.25, -0.2) is 0 Å². The van der Waals surface area contributed by atoms with E-state index in [9.17, 15) is 4.79 Å². The van der Waals surface area contributed by atoms with Crippen LogP contribution in [0.5, 0.6) is 0 Å². The van der Waals surface area contributed by atoms with Crippen molar-refractivity contribution < 1.29 is 4.79 Å². The van der Waals surface area contributed by atoms with Gasteiger partial charge in [-0.15, -0.1) is 0 Å². The Morgan fingerprint density at radius 3 is 2.56 bits per heavy atom. The van der Waals surface area contributed by atoms with Gasteiger partial charge in [-0.3, -0.25) is 4.79 Å². The molecule has 0 saturated carbocycles. The Balaban J connectivity index is 1.61. The fraction of sp³-hybridized carbons (Fsp3) is 0.917. The molecule has 16 heavy (non-hydrogen) atoms. The summed E-state index contributed by atoms with van der Waals surface area (Å²) in [7, 11) is 0. The highest BCUT2D eigenvalue weighted by Gasteiger charge is 2.25. The zero-order chi connectivity index (χ0) is 11.4. The van der Waals surface area contributed by atoms with Gasteiger partial charge in [0.25, 0.3) is 0 Å². The fourth-order valence-electron chi connectivity index (χ4n) is 2.37. The number of nitrogens with one attached hydrogen (secondary N) is 2. The zero-order valence-corrected chi connectivity index (χ0v) is 10.2. The Bertz CT molecular complexity index is 232. The van der Waals surface area contributed by atoms with Crippen molar-refractivity contribution in [2.45, 2.75) is 19.8 Å². The molecule has 4 heteroatoms. The second kappa shape index (κ2) is 5.64. The van der Waals surface area contributed by atoms with E-state index in [1.807, 2.05) is 0 Å². The van der Waals surface area contributed by atoms with Crippen LogP contribution in [0.2, 0.25) is 0 Å². The third-order valence-corrected chi connectivity index (χ3v) is 3.87. The van der Waals surface area contributed by atoms with Crippen LogP contribution in [0, 0.1) is 11.8 Å². The van der Waals surface area contributed by atoms with Crippen molar-refractivity contribution in [1.29, 1.82) is 0 Å². The average Bonchev–Trinajstić information content (AvgIpc) is 2.25. The highest BCUT2D eigenvalue weighted by Crippen LogP contribution is 2.16. The zero-order valence-electron chi connectivity index (χ0n) is 10.2. The second-order valence-electron chi connectivity index (χ2n) is 4.98. The van der Waals surface area contributed by atoms with Crippen LogP contribution < -0.4 is 10.6 Å². The monoisotopic (exact) mass is 225 g/mol. The third kappa shape index (κ3) is 2.95. The van der Waals surface area contributed by atoms with Crippen LogP contribution in [0.1, 0.15) is 19.8 Å². The molecular weight excluding hydrogens is 202 g/mol. The Morgan fingerprint density at radius 1 is 1.38 bits per heavy atom. The van der Waals surface area contributed by atoms with Crippen molar-refractivity contribution in [2.75, 3.05) is 39.3 Å². The van der Waals surface area contributed by atoms with Gasteiger partial charge in [0.05, 0.1) is 5.92 Å². The highest BCUT2D eigenvalue weighted by molar-refractivity contribution is 5.79. The van der Waals surface area contributed by atoms with Crippen LogP contribution in [-0.4, -0.2) is 50.1 Å². The summed E-state index contributed by atoms with van der Waals surface area (Å²) in [6.07, 6.45) is 2.47. The molecule has 0 spiro atoms. The maximum absolute atomic E-state index is 11.6. The molecule has 2 aliphatic rings. The standard InChI is InChI=1S/C12H23N3O/c1-2-15-5-3-10(4-6-15)7-14-12(16)11-8-13-9-11/h10-11,13H,2-9H2,1H3,(H,14,16). The predicted molar refractivity (Wildman–Crippen MR) is 64.2 cm³/mol. The molecule has 0 bridgehead atoms. The van der Waals surface area contributed by atoms with Crippen LogP contribution in [0.25, 0.3) is 0 Å². The van der Waals surface area contributed by atoms with E-state index in [0.717, 1.165) is 26.2 Å². The number of carbonyl (C=O) groups excluding carboxylic acids is 1. The van der Waals surface area contributed by atoms with Crippen molar-refractivity contribution in [1.82, 2.24) is 15.5 Å². The van der Waals surface area contributed by atoms with Crippen LogP contribution in [-0.2, 0) is 4.79 Å².